The van der Waals surface area contributed by atoms with Crippen molar-refractivity contribution in [2.75, 3.05) is 43.0 Å². The molecule has 18 heteroatoms. The molecule has 3 fully saturated rings. The number of nitrogens with zero attached hydrogens (tertiary/aromatic N) is 6. The van der Waals surface area contributed by atoms with Crippen LogP contribution >= 0.6 is 22.9 Å². The van der Waals surface area contributed by atoms with Crippen LogP contribution in [0.5, 0.6) is 6.01 Å². The maximum Gasteiger partial charge on any atom is 0.413 e. The van der Waals surface area contributed by atoms with Crippen LogP contribution in [0.15, 0.2) is 18.2 Å². The van der Waals surface area contributed by atoms with Crippen LogP contribution in [0.4, 0.5) is 29.3 Å². The van der Waals surface area contributed by atoms with Gasteiger partial charge in [0, 0.05) is 42.1 Å². The summed E-state index contributed by atoms with van der Waals surface area (Å²) < 4.78 is 50.1. The number of aromatic nitrogens is 3. The Hall–Kier alpha value is -4.61. The number of benzene rings is 2. The third-order valence-electron chi connectivity index (χ3n) is 10.6. The van der Waals surface area contributed by atoms with E-state index in [1.807, 2.05) is 25.7 Å². The van der Waals surface area contributed by atoms with E-state index in [0.29, 0.717) is 30.7 Å². The quantitative estimate of drug-likeness (QED) is 0.138. The SMILES string of the molecule is CC(C)(C)OC(=O)Nc1nc2c(-c3c(Cl)cc4c(N5CC6CCC(C5)N6C(=O)OC(C)(C)C)nc(OC[C@@H]5CCCN5CCCCC(=O)O)nc4c3F)ccc(F)c2s1. The summed E-state index contributed by atoms with van der Waals surface area (Å²) in [4.78, 5) is 57.0. The number of thiazole rings is 1. The number of nitrogens with one attached hydrogen (secondary N) is 1. The lowest BCUT2D eigenvalue weighted by atomic mass is 10.0. The van der Waals surface area contributed by atoms with Crippen molar-refractivity contribution >= 4 is 73.2 Å². The summed E-state index contributed by atoms with van der Waals surface area (Å²) in [5.74, 6) is -1.82. The number of unbranched alkanes of at least 4 members (excludes halogenated alkanes) is 1. The molecule has 2 unspecified atom stereocenters. The monoisotopic (exact) mass is 857 g/mol. The number of carbonyl (C=O) groups is 3. The summed E-state index contributed by atoms with van der Waals surface area (Å²) in [7, 11) is 0. The molecule has 0 saturated carbocycles. The molecule has 3 saturated heterocycles. The fourth-order valence-electron chi connectivity index (χ4n) is 8.16. The number of hydrogen-bond donors (Lipinski definition) is 2. The van der Waals surface area contributed by atoms with Crippen LogP contribution in [0.25, 0.3) is 32.2 Å². The molecular formula is C41H50ClF2N7O7S. The summed E-state index contributed by atoms with van der Waals surface area (Å²) in [6.07, 6.45) is 3.62. The summed E-state index contributed by atoms with van der Waals surface area (Å²) >= 11 is 7.85. The molecule has 2 N–H and O–H groups in total. The van der Waals surface area contributed by atoms with Gasteiger partial charge in [-0.2, -0.15) is 9.97 Å². The van der Waals surface area contributed by atoms with Crippen molar-refractivity contribution in [1.29, 1.82) is 0 Å². The standard InChI is InChI=1S/C41H50ClF2N7O7S/c1-40(2,3)57-38(54)48-37-46-33-25(14-15-28(43)34(33)59-37)30-27(42)18-26-32(31(30)44)45-36(56-21-24-10-9-17-49(24)16-8-7-11-29(52)53)47-35(26)50-19-22-12-13-23(20-50)51(22)39(55)58-41(4,5)6/h14-15,18,22-24H,7-13,16-17,19-21H2,1-6H3,(H,52,53)(H,46,48,54)/t22?,23?,24-/m0/s1. The molecule has 2 aromatic heterocycles. The number of carbonyl (C=O) groups excluding carboxylic acids is 2. The topological polar surface area (TPSA) is 160 Å². The lowest BCUT2D eigenvalue weighted by Gasteiger charge is -2.42. The summed E-state index contributed by atoms with van der Waals surface area (Å²) in [5, 5.41) is 12.0. The van der Waals surface area contributed by atoms with E-state index in [0.717, 1.165) is 56.5 Å². The highest BCUT2D eigenvalue weighted by molar-refractivity contribution is 7.22. The largest absolute Gasteiger partial charge is 0.481 e. The molecule has 0 radical (unpaired) electrons. The van der Waals surface area contributed by atoms with E-state index in [-0.39, 0.29) is 80.3 Å². The first kappa shape index (κ1) is 42.5. The molecule has 3 aliphatic rings. The Labute approximate surface area is 350 Å². The summed E-state index contributed by atoms with van der Waals surface area (Å²) in [6.45, 7) is 13.2. The van der Waals surface area contributed by atoms with Crippen LogP contribution in [0.1, 0.15) is 86.5 Å². The first-order valence-corrected chi connectivity index (χ1v) is 21.2. The van der Waals surface area contributed by atoms with Crippen molar-refractivity contribution < 1.29 is 42.5 Å². The van der Waals surface area contributed by atoms with E-state index >= 15 is 8.78 Å². The van der Waals surface area contributed by atoms with Crippen molar-refractivity contribution in [2.45, 2.75) is 116 Å². The van der Waals surface area contributed by atoms with E-state index in [1.54, 1.807) is 31.7 Å². The van der Waals surface area contributed by atoms with Gasteiger partial charge in [0.1, 0.15) is 35.0 Å². The highest BCUT2D eigenvalue weighted by Gasteiger charge is 2.45. The second kappa shape index (κ2) is 16.8. The number of rotatable bonds is 11. The minimum Gasteiger partial charge on any atom is -0.481 e. The van der Waals surface area contributed by atoms with Gasteiger partial charge in [-0.15, -0.1) is 0 Å². The Bertz CT molecular complexity index is 2250. The van der Waals surface area contributed by atoms with E-state index in [2.05, 4.69) is 20.2 Å². The van der Waals surface area contributed by atoms with Crippen LogP contribution in [0.2, 0.25) is 5.02 Å². The van der Waals surface area contributed by atoms with Crippen LogP contribution < -0.4 is 15.0 Å². The zero-order valence-electron chi connectivity index (χ0n) is 34.1. The minimum atomic E-state index is -0.818. The van der Waals surface area contributed by atoms with Gasteiger partial charge in [0.2, 0.25) is 0 Å². The fraction of sp³-hybridized carbons (Fsp3) is 0.561. The normalized spacial score (nSPS) is 19.8. The lowest BCUT2D eigenvalue weighted by molar-refractivity contribution is -0.137. The number of carboxylic acid groups (broad SMARTS) is 1. The van der Waals surface area contributed by atoms with Crippen LogP contribution in [-0.4, -0.2) is 110 Å². The zero-order chi connectivity index (χ0) is 42.4. The van der Waals surface area contributed by atoms with Gasteiger partial charge in [-0.05, 0) is 111 Å². The molecule has 4 aromatic rings. The predicted molar refractivity (Wildman–Crippen MR) is 222 cm³/mol. The van der Waals surface area contributed by atoms with E-state index in [4.69, 9.17) is 35.9 Å². The van der Waals surface area contributed by atoms with Crippen LogP contribution in [0, 0.1) is 11.6 Å². The Balaban J connectivity index is 1.25. The molecule has 3 aliphatic heterocycles. The molecule has 5 heterocycles. The van der Waals surface area contributed by atoms with Gasteiger partial charge < -0.3 is 24.2 Å². The molecule has 0 aliphatic carbocycles. The van der Waals surface area contributed by atoms with E-state index in [1.165, 1.54) is 12.1 Å². The smallest absolute Gasteiger partial charge is 0.413 e. The van der Waals surface area contributed by atoms with Gasteiger partial charge in [0.15, 0.2) is 10.9 Å². The Kier molecular flexibility index (Phi) is 12.1. The Morgan fingerprint density at radius 2 is 1.68 bits per heavy atom. The second-order valence-corrected chi connectivity index (χ2v) is 18.8. The number of fused-ring (bicyclic) bond motifs is 4. The number of hydrogen-bond acceptors (Lipinski definition) is 12. The summed E-state index contributed by atoms with van der Waals surface area (Å²) in [5.41, 5.74) is -1.29. The Morgan fingerprint density at radius 1 is 0.966 bits per heavy atom. The minimum absolute atomic E-state index is 0.0101. The number of anilines is 2. The highest BCUT2D eigenvalue weighted by atomic mass is 35.5. The number of piperazine rings is 1. The van der Waals surface area contributed by atoms with Crippen molar-refractivity contribution in [1.82, 2.24) is 24.8 Å². The molecule has 0 spiro atoms. The van der Waals surface area contributed by atoms with Crippen LogP contribution in [0.3, 0.4) is 0 Å². The average molecular weight is 858 g/mol. The molecule has 318 valence electrons. The third-order valence-corrected chi connectivity index (χ3v) is 11.9. The number of likely N-dealkylation sites (tertiary alicyclic amines) is 1. The average Bonchev–Trinajstić information content (AvgIpc) is 3.84. The summed E-state index contributed by atoms with van der Waals surface area (Å²) in [6, 6.07) is 3.82. The number of halogens is 3. The number of carboxylic acids is 1. The van der Waals surface area contributed by atoms with Gasteiger partial charge in [-0.3, -0.25) is 19.9 Å². The maximum atomic E-state index is 17.3. The molecule has 59 heavy (non-hydrogen) atoms. The number of amides is 2. The molecular weight excluding hydrogens is 808 g/mol. The molecule has 7 rings (SSSR count). The molecule has 2 aromatic carbocycles. The first-order chi connectivity index (χ1) is 27.8. The van der Waals surface area contributed by atoms with Gasteiger partial charge in [-0.25, -0.2) is 23.4 Å². The number of ether oxygens (including phenoxy) is 3. The molecule has 2 bridgehead atoms. The van der Waals surface area contributed by atoms with Crippen molar-refractivity contribution in [3.05, 3.63) is 34.9 Å². The lowest BCUT2D eigenvalue weighted by Crippen LogP contribution is -2.57. The molecule has 14 nitrogen and oxygen atoms in total. The Morgan fingerprint density at radius 3 is 2.36 bits per heavy atom. The van der Waals surface area contributed by atoms with Gasteiger partial charge >= 0.3 is 24.2 Å². The van der Waals surface area contributed by atoms with Crippen molar-refractivity contribution in [2.24, 2.45) is 0 Å². The predicted octanol–water partition coefficient (Wildman–Crippen LogP) is 8.87. The highest BCUT2D eigenvalue weighted by Crippen LogP contribution is 2.44. The molecule has 3 atom stereocenters. The second-order valence-electron chi connectivity index (χ2n) is 17.4. The fourth-order valence-corrected chi connectivity index (χ4v) is 9.34. The zero-order valence-corrected chi connectivity index (χ0v) is 35.6. The van der Waals surface area contributed by atoms with E-state index in [9.17, 15) is 14.4 Å². The number of aliphatic carboxylic acids is 1. The van der Waals surface area contributed by atoms with Gasteiger partial charge in [0.05, 0.1) is 27.3 Å². The molecule has 2 amide bonds. The first-order valence-electron chi connectivity index (χ1n) is 20.0. The van der Waals surface area contributed by atoms with Crippen molar-refractivity contribution in [3.8, 4) is 17.1 Å². The van der Waals surface area contributed by atoms with E-state index < -0.39 is 34.9 Å². The maximum absolute atomic E-state index is 17.3. The van der Waals surface area contributed by atoms with Gasteiger partial charge in [0.25, 0.3) is 0 Å². The third kappa shape index (κ3) is 9.57. The van der Waals surface area contributed by atoms with Gasteiger partial charge in [-0.1, -0.05) is 22.9 Å². The van der Waals surface area contributed by atoms with Crippen molar-refractivity contribution in [3.63, 3.8) is 0 Å². The van der Waals surface area contributed by atoms with Crippen LogP contribution in [-0.2, 0) is 14.3 Å².